The summed E-state index contributed by atoms with van der Waals surface area (Å²) in [5.74, 6) is 1.71. The summed E-state index contributed by atoms with van der Waals surface area (Å²) >= 11 is 0. The van der Waals surface area contributed by atoms with Crippen LogP contribution in [-0.2, 0) is 16.0 Å². The molecule has 170 valence electrons. The van der Waals surface area contributed by atoms with Gasteiger partial charge in [-0.25, -0.2) is 0 Å². The molecule has 1 N–H and O–H groups in total. The lowest BCUT2D eigenvalue weighted by Gasteiger charge is -2.38. The standard InChI is InChI=1S/C27H34N2O3/c1-18(2)15-25(30)29-14-13-21-11-12-23(32-19(3)27(31)28-17-20-9-10-20)16-24(21)26(29)22-7-5-4-6-8-22/h4-8,11-12,16,18-20,26H,9-10,13-15,17H2,1-3H3,(H,28,31). The van der Waals surface area contributed by atoms with Crippen molar-refractivity contribution < 1.29 is 14.3 Å². The van der Waals surface area contributed by atoms with Crippen LogP contribution >= 0.6 is 0 Å². The number of hydrogen-bond acceptors (Lipinski definition) is 3. The molecule has 2 aromatic rings. The highest BCUT2D eigenvalue weighted by molar-refractivity contribution is 5.80. The summed E-state index contributed by atoms with van der Waals surface area (Å²) in [4.78, 5) is 27.5. The van der Waals surface area contributed by atoms with Crippen molar-refractivity contribution in [2.24, 2.45) is 11.8 Å². The van der Waals surface area contributed by atoms with Gasteiger partial charge in [0.2, 0.25) is 5.91 Å². The first kappa shape index (κ1) is 22.4. The predicted molar refractivity (Wildman–Crippen MR) is 125 cm³/mol. The van der Waals surface area contributed by atoms with Crippen LogP contribution in [0.4, 0.5) is 0 Å². The van der Waals surface area contributed by atoms with Gasteiger partial charge in [0.05, 0.1) is 6.04 Å². The molecular weight excluding hydrogens is 400 g/mol. The Morgan fingerprint density at radius 2 is 1.84 bits per heavy atom. The average molecular weight is 435 g/mol. The van der Waals surface area contributed by atoms with Crippen LogP contribution in [0.5, 0.6) is 5.75 Å². The van der Waals surface area contributed by atoms with Gasteiger partial charge in [-0.15, -0.1) is 0 Å². The van der Waals surface area contributed by atoms with Crippen LogP contribution in [-0.4, -0.2) is 35.9 Å². The van der Waals surface area contributed by atoms with Gasteiger partial charge in [0.25, 0.3) is 5.91 Å². The molecule has 4 rings (SSSR count). The number of fused-ring (bicyclic) bond motifs is 1. The quantitative estimate of drug-likeness (QED) is 0.666. The second-order valence-electron chi connectivity index (χ2n) is 9.56. The third-order valence-corrected chi connectivity index (χ3v) is 6.31. The lowest BCUT2D eigenvalue weighted by atomic mass is 9.87. The maximum atomic E-state index is 13.1. The number of benzene rings is 2. The second kappa shape index (κ2) is 9.76. The molecule has 0 spiro atoms. The van der Waals surface area contributed by atoms with E-state index in [4.69, 9.17) is 4.74 Å². The molecule has 1 saturated carbocycles. The Morgan fingerprint density at radius 1 is 1.09 bits per heavy atom. The first-order chi connectivity index (χ1) is 15.4. The number of amides is 2. The molecule has 5 nitrogen and oxygen atoms in total. The van der Waals surface area contributed by atoms with Gasteiger partial charge in [-0.3, -0.25) is 9.59 Å². The molecule has 1 aliphatic carbocycles. The van der Waals surface area contributed by atoms with E-state index in [9.17, 15) is 9.59 Å². The van der Waals surface area contributed by atoms with E-state index in [0.717, 1.165) is 24.1 Å². The smallest absolute Gasteiger partial charge is 0.260 e. The van der Waals surface area contributed by atoms with Crippen LogP contribution in [0.1, 0.15) is 62.8 Å². The second-order valence-corrected chi connectivity index (χ2v) is 9.56. The van der Waals surface area contributed by atoms with Crippen molar-refractivity contribution in [3.05, 3.63) is 65.2 Å². The van der Waals surface area contributed by atoms with Crippen molar-refractivity contribution >= 4 is 11.8 Å². The van der Waals surface area contributed by atoms with Crippen LogP contribution in [0.25, 0.3) is 0 Å². The number of ether oxygens (including phenoxy) is 1. The fourth-order valence-corrected chi connectivity index (χ4v) is 4.36. The summed E-state index contributed by atoms with van der Waals surface area (Å²) in [7, 11) is 0. The Balaban J connectivity index is 1.58. The van der Waals surface area contributed by atoms with Gasteiger partial charge in [-0.05, 0) is 66.8 Å². The number of hydrogen-bond donors (Lipinski definition) is 1. The molecule has 1 fully saturated rings. The van der Waals surface area contributed by atoms with E-state index in [0.29, 0.717) is 30.6 Å². The van der Waals surface area contributed by atoms with Gasteiger partial charge >= 0.3 is 0 Å². The number of nitrogens with zero attached hydrogens (tertiary/aromatic N) is 1. The maximum absolute atomic E-state index is 13.1. The molecule has 5 heteroatoms. The number of rotatable bonds is 8. The third kappa shape index (κ3) is 5.32. The van der Waals surface area contributed by atoms with Crippen LogP contribution < -0.4 is 10.1 Å². The average Bonchev–Trinajstić information content (AvgIpc) is 3.61. The van der Waals surface area contributed by atoms with E-state index >= 15 is 0 Å². The molecule has 2 atom stereocenters. The number of nitrogens with one attached hydrogen (secondary N) is 1. The first-order valence-corrected chi connectivity index (χ1v) is 11.8. The molecule has 0 bridgehead atoms. The molecule has 0 radical (unpaired) electrons. The Hall–Kier alpha value is -2.82. The summed E-state index contributed by atoms with van der Waals surface area (Å²) < 4.78 is 6.02. The molecule has 32 heavy (non-hydrogen) atoms. The predicted octanol–water partition coefficient (Wildman–Crippen LogP) is 4.50. The van der Waals surface area contributed by atoms with E-state index in [1.54, 1.807) is 6.92 Å². The van der Waals surface area contributed by atoms with Crippen molar-refractivity contribution in [2.45, 2.75) is 58.6 Å². The highest BCUT2D eigenvalue weighted by Gasteiger charge is 2.32. The van der Waals surface area contributed by atoms with E-state index in [1.807, 2.05) is 35.2 Å². The van der Waals surface area contributed by atoms with E-state index < -0.39 is 6.10 Å². The van der Waals surface area contributed by atoms with Crippen molar-refractivity contribution in [1.82, 2.24) is 10.2 Å². The molecule has 2 aliphatic rings. The highest BCUT2D eigenvalue weighted by atomic mass is 16.5. The lowest BCUT2D eigenvalue weighted by Crippen LogP contribution is -2.41. The summed E-state index contributed by atoms with van der Waals surface area (Å²) in [5, 5.41) is 2.98. The minimum Gasteiger partial charge on any atom is -0.481 e. The van der Waals surface area contributed by atoms with Crippen molar-refractivity contribution in [3.63, 3.8) is 0 Å². The van der Waals surface area contributed by atoms with Crippen LogP contribution in [0.2, 0.25) is 0 Å². The summed E-state index contributed by atoms with van der Waals surface area (Å²) in [6.07, 6.45) is 3.19. The lowest BCUT2D eigenvalue weighted by molar-refractivity contribution is -0.134. The molecule has 1 heterocycles. The van der Waals surface area contributed by atoms with Gasteiger partial charge in [0.15, 0.2) is 6.10 Å². The van der Waals surface area contributed by atoms with E-state index in [1.165, 1.54) is 18.4 Å². The Bertz CT molecular complexity index is 953. The largest absolute Gasteiger partial charge is 0.481 e. The molecule has 0 aromatic heterocycles. The van der Waals surface area contributed by atoms with Crippen molar-refractivity contribution in [2.75, 3.05) is 13.1 Å². The van der Waals surface area contributed by atoms with Gasteiger partial charge in [0.1, 0.15) is 5.75 Å². The van der Waals surface area contributed by atoms with E-state index in [-0.39, 0.29) is 17.9 Å². The highest BCUT2D eigenvalue weighted by Crippen LogP contribution is 2.38. The minimum absolute atomic E-state index is 0.0806. The van der Waals surface area contributed by atoms with Gasteiger partial charge in [-0.1, -0.05) is 50.2 Å². The van der Waals surface area contributed by atoms with Crippen LogP contribution in [0.3, 0.4) is 0 Å². The Kier molecular flexibility index (Phi) is 6.83. The summed E-state index contributed by atoms with van der Waals surface area (Å²) in [6.45, 7) is 7.39. The zero-order valence-electron chi connectivity index (χ0n) is 19.3. The number of carbonyl (C=O) groups is 2. The fourth-order valence-electron chi connectivity index (χ4n) is 4.36. The molecule has 2 unspecified atom stereocenters. The van der Waals surface area contributed by atoms with Crippen molar-refractivity contribution in [3.8, 4) is 5.75 Å². The van der Waals surface area contributed by atoms with E-state index in [2.05, 4.69) is 37.4 Å². The zero-order valence-corrected chi connectivity index (χ0v) is 19.3. The first-order valence-electron chi connectivity index (χ1n) is 11.8. The topological polar surface area (TPSA) is 58.6 Å². The fraction of sp³-hybridized carbons (Fsp3) is 0.481. The van der Waals surface area contributed by atoms with Gasteiger partial charge < -0.3 is 15.0 Å². The Morgan fingerprint density at radius 3 is 2.53 bits per heavy atom. The number of carbonyl (C=O) groups excluding carboxylic acids is 2. The SMILES string of the molecule is CC(C)CC(=O)N1CCc2ccc(OC(C)C(=O)NCC3CC3)cc2C1c1ccccc1. The molecule has 2 aromatic carbocycles. The Labute approximate surface area is 191 Å². The third-order valence-electron chi connectivity index (χ3n) is 6.31. The minimum atomic E-state index is -0.566. The molecule has 2 amide bonds. The normalized spacial score (nSPS) is 18.8. The van der Waals surface area contributed by atoms with Crippen LogP contribution in [0.15, 0.2) is 48.5 Å². The zero-order chi connectivity index (χ0) is 22.7. The molecular formula is C27H34N2O3. The van der Waals surface area contributed by atoms with Crippen LogP contribution in [0, 0.1) is 11.8 Å². The van der Waals surface area contributed by atoms with Crippen molar-refractivity contribution in [1.29, 1.82) is 0 Å². The van der Waals surface area contributed by atoms with Gasteiger partial charge in [-0.2, -0.15) is 0 Å². The summed E-state index contributed by atoms with van der Waals surface area (Å²) in [5.41, 5.74) is 3.41. The monoisotopic (exact) mass is 434 g/mol. The molecule has 1 aliphatic heterocycles. The maximum Gasteiger partial charge on any atom is 0.260 e. The van der Waals surface area contributed by atoms with Gasteiger partial charge in [0, 0.05) is 19.5 Å². The molecule has 0 saturated heterocycles. The summed E-state index contributed by atoms with van der Waals surface area (Å²) in [6, 6.07) is 16.1.